The van der Waals surface area contributed by atoms with Gasteiger partial charge in [-0.3, -0.25) is 4.57 Å². The lowest BCUT2D eigenvalue weighted by atomic mass is 9.86. The normalized spacial score (nSPS) is 12.0. The molecule has 0 atom stereocenters. The van der Waals surface area contributed by atoms with E-state index in [0.717, 1.165) is 56.5 Å². The summed E-state index contributed by atoms with van der Waals surface area (Å²) in [6.45, 7) is 13.4. The van der Waals surface area contributed by atoms with Crippen LogP contribution in [-0.2, 0) is 10.8 Å². The fourth-order valence-corrected chi connectivity index (χ4v) is 6.29. The van der Waals surface area contributed by atoms with Crippen molar-refractivity contribution in [1.29, 1.82) is 0 Å². The van der Waals surface area contributed by atoms with E-state index in [1.807, 2.05) is 36.5 Å². The van der Waals surface area contributed by atoms with Gasteiger partial charge in [0, 0.05) is 40.5 Å². The Labute approximate surface area is 283 Å². The van der Waals surface area contributed by atoms with Crippen LogP contribution in [0.25, 0.3) is 27.6 Å². The van der Waals surface area contributed by atoms with Gasteiger partial charge in [-0.2, -0.15) is 0 Å². The monoisotopic (exact) mass is 630 g/mol. The predicted molar refractivity (Wildman–Crippen MR) is 202 cm³/mol. The Bertz CT molecular complexity index is 2250. The lowest BCUT2D eigenvalue weighted by Crippen LogP contribution is -2.13. The van der Waals surface area contributed by atoms with Crippen molar-refractivity contribution in [3.8, 4) is 17.3 Å². The van der Waals surface area contributed by atoms with E-state index >= 15 is 0 Å². The van der Waals surface area contributed by atoms with Gasteiger partial charge in [0.05, 0.1) is 22.4 Å². The maximum Gasteiger partial charge on any atom is 0.137 e. The molecule has 2 aromatic heterocycles. The number of anilines is 4. The number of benzene rings is 5. The molecular weight excluding hydrogens is 589 g/mol. The van der Waals surface area contributed by atoms with E-state index in [1.165, 1.54) is 16.5 Å². The highest BCUT2D eigenvalue weighted by atomic mass is 16.5. The van der Waals surface area contributed by atoms with E-state index in [-0.39, 0.29) is 10.8 Å². The highest BCUT2D eigenvalue weighted by molar-refractivity contribution is 6.09. The minimum Gasteiger partial charge on any atom is -0.457 e. The quantitative estimate of drug-likeness (QED) is 0.184. The molecule has 7 rings (SSSR count). The molecule has 0 spiro atoms. The Hall–Kier alpha value is -5.55. The molecule has 2 heterocycles. The first-order chi connectivity index (χ1) is 23.0. The number of nitrogens with one attached hydrogen (secondary N) is 2. The van der Waals surface area contributed by atoms with E-state index < -0.39 is 0 Å². The fraction of sp³-hybridized carbons (Fsp3) is 0.186. The van der Waals surface area contributed by atoms with Crippen LogP contribution in [0.2, 0.25) is 0 Å². The molecule has 0 amide bonds. The van der Waals surface area contributed by atoms with Gasteiger partial charge in [-0.15, -0.1) is 0 Å². The number of fused-ring (bicyclic) bond motifs is 3. The van der Waals surface area contributed by atoms with E-state index in [1.54, 1.807) is 0 Å². The molecule has 5 aromatic carbocycles. The van der Waals surface area contributed by atoms with Crippen LogP contribution in [0.4, 0.5) is 22.7 Å². The van der Waals surface area contributed by atoms with E-state index in [0.29, 0.717) is 0 Å². The smallest absolute Gasteiger partial charge is 0.137 e. The van der Waals surface area contributed by atoms with Crippen LogP contribution in [-0.4, -0.2) is 9.55 Å². The molecule has 0 fully saturated rings. The van der Waals surface area contributed by atoms with Crippen LogP contribution in [0.3, 0.4) is 0 Å². The third-order valence-electron chi connectivity index (χ3n) is 8.77. The summed E-state index contributed by atoms with van der Waals surface area (Å²) < 4.78 is 8.76. The van der Waals surface area contributed by atoms with Crippen LogP contribution < -0.4 is 15.4 Å². The molecule has 0 aliphatic heterocycles. The number of rotatable bonds is 7. The fourth-order valence-electron chi connectivity index (χ4n) is 6.29. The average molecular weight is 631 g/mol. The van der Waals surface area contributed by atoms with E-state index in [9.17, 15) is 0 Å². The van der Waals surface area contributed by atoms with Crippen molar-refractivity contribution < 1.29 is 4.74 Å². The number of hydrogen-bond donors (Lipinski definition) is 2. The van der Waals surface area contributed by atoms with Crippen molar-refractivity contribution in [1.82, 2.24) is 9.55 Å². The molecule has 0 unspecified atom stereocenters. The van der Waals surface area contributed by atoms with Gasteiger partial charge >= 0.3 is 0 Å². The van der Waals surface area contributed by atoms with Crippen molar-refractivity contribution in [3.63, 3.8) is 0 Å². The molecule has 0 aliphatic rings. The van der Waals surface area contributed by atoms with Gasteiger partial charge in [0.25, 0.3) is 0 Å². The van der Waals surface area contributed by atoms with E-state index in [4.69, 9.17) is 9.72 Å². The maximum absolute atomic E-state index is 6.52. The summed E-state index contributed by atoms with van der Waals surface area (Å²) in [5.41, 5.74) is 8.73. The summed E-state index contributed by atoms with van der Waals surface area (Å²) in [5.74, 6) is 2.41. The van der Waals surface area contributed by atoms with Crippen molar-refractivity contribution in [2.24, 2.45) is 0 Å². The van der Waals surface area contributed by atoms with Crippen molar-refractivity contribution in [3.05, 3.63) is 145 Å². The van der Waals surface area contributed by atoms with Crippen molar-refractivity contribution in [2.75, 3.05) is 10.6 Å². The average Bonchev–Trinajstić information content (AvgIpc) is 3.39. The molecular formula is C43H42N4O. The van der Waals surface area contributed by atoms with Crippen molar-refractivity contribution >= 4 is 44.6 Å². The zero-order valence-corrected chi connectivity index (χ0v) is 28.5. The molecule has 48 heavy (non-hydrogen) atoms. The van der Waals surface area contributed by atoms with Crippen LogP contribution in [0.15, 0.2) is 134 Å². The highest BCUT2D eigenvalue weighted by Gasteiger charge is 2.19. The first-order valence-electron chi connectivity index (χ1n) is 16.6. The first kappa shape index (κ1) is 31.1. The maximum atomic E-state index is 6.52. The zero-order chi connectivity index (χ0) is 33.5. The Morgan fingerprint density at radius 3 is 1.98 bits per heavy atom. The van der Waals surface area contributed by atoms with Gasteiger partial charge < -0.3 is 15.4 Å². The summed E-state index contributed by atoms with van der Waals surface area (Å²) >= 11 is 0. The minimum atomic E-state index is 0.0112. The topological polar surface area (TPSA) is 51.1 Å². The summed E-state index contributed by atoms with van der Waals surface area (Å²) in [6, 6.07) is 44.0. The number of pyridine rings is 1. The standard InChI is InChI=1S/C43H42N4O/c1-42(2,3)29-24-25-44-41(26-29)47-39-21-12-7-16-33(39)34-23-22-32(28-40(34)47)48-31-15-13-14-30(27-31)45-37-19-10-11-20-38(37)46-36-18-9-8-17-35(36)43(4,5)6/h7-28,45-46H,1-6H3. The molecule has 5 heteroatoms. The third kappa shape index (κ3) is 6.24. The lowest BCUT2D eigenvalue weighted by Gasteiger charge is -2.24. The largest absolute Gasteiger partial charge is 0.457 e. The molecule has 5 nitrogen and oxygen atoms in total. The summed E-state index contributed by atoms with van der Waals surface area (Å²) in [5, 5.41) is 9.64. The number of nitrogens with zero attached hydrogens (tertiary/aromatic N) is 2. The zero-order valence-electron chi connectivity index (χ0n) is 28.5. The van der Waals surface area contributed by atoms with Gasteiger partial charge in [0.2, 0.25) is 0 Å². The Kier molecular flexibility index (Phi) is 7.92. The van der Waals surface area contributed by atoms with Gasteiger partial charge in [0.15, 0.2) is 0 Å². The van der Waals surface area contributed by atoms with Gasteiger partial charge in [-0.1, -0.05) is 96.1 Å². The number of aromatic nitrogens is 2. The Morgan fingerprint density at radius 1 is 0.542 bits per heavy atom. The molecule has 0 saturated carbocycles. The van der Waals surface area contributed by atoms with Crippen LogP contribution >= 0.6 is 0 Å². The molecule has 0 saturated heterocycles. The third-order valence-corrected chi connectivity index (χ3v) is 8.77. The summed E-state index contributed by atoms with van der Waals surface area (Å²) in [6.07, 6.45) is 1.91. The number of ether oxygens (including phenoxy) is 1. The minimum absolute atomic E-state index is 0.0112. The molecule has 7 aromatic rings. The molecule has 240 valence electrons. The summed E-state index contributed by atoms with van der Waals surface area (Å²) in [7, 11) is 0. The second-order valence-electron chi connectivity index (χ2n) is 14.4. The highest BCUT2D eigenvalue weighted by Crippen LogP contribution is 2.37. The molecule has 0 aliphatic carbocycles. The van der Waals surface area contributed by atoms with Gasteiger partial charge in [0.1, 0.15) is 17.3 Å². The number of para-hydroxylation sites is 4. The first-order valence-corrected chi connectivity index (χ1v) is 16.6. The van der Waals surface area contributed by atoms with E-state index in [2.05, 4.69) is 154 Å². The SMILES string of the molecule is CC(C)(C)c1ccnc(-n2c3ccccc3c3ccc(Oc4cccc(Nc5ccccc5Nc5ccccc5C(C)(C)C)c4)cc32)c1. The lowest BCUT2D eigenvalue weighted by molar-refractivity contribution is 0.483. The Morgan fingerprint density at radius 2 is 1.21 bits per heavy atom. The van der Waals surface area contributed by atoms with Gasteiger partial charge in [-0.25, -0.2) is 4.98 Å². The second-order valence-corrected chi connectivity index (χ2v) is 14.4. The predicted octanol–water partition coefficient (Wildman–Crippen LogP) is 12.1. The summed E-state index contributed by atoms with van der Waals surface area (Å²) in [4.78, 5) is 4.82. The molecule has 0 bridgehead atoms. The van der Waals surface area contributed by atoms with Crippen molar-refractivity contribution in [2.45, 2.75) is 52.4 Å². The van der Waals surface area contributed by atoms with Crippen LogP contribution in [0, 0.1) is 0 Å². The number of hydrogen-bond acceptors (Lipinski definition) is 4. The van der Waals surface area contributed by atoms with Gasteiger partial charge in [-0.05, 0) is 82.6 Å². The van der Waals surface area contributed by atoms with Crippen LogP contribution in [0.1, 0.15) is 52.7 Å². The van der Waals surface area contributed by atoms with Crippen LogP contribution in [0.5, 0.6) is 11.5 Å². The second kappa shape index (κ2) is 12.2. The molecule has 0 radical (unpaired) electrons. The molecule has 2 N–H and O–H groups in total. The Balaban J connectivity index is 1.20.